The van der Waals surface area contributed by atoms with Gasteiger partial charge in [-0.1, -0.05) is 58.4 Å². The Balaban J connectivity index is 1.44. The highest BCUT2D eigenvalue weighted by Crippen LogP contribution is 2.18. The van der Waals surface area contributed by atoms with Crippen LogP contribution in [-0.2, 0) is 16.1 Å². The molecule has 1 aliphatic rings. The molecule has 0 saturated carbocycles. The van der Waals surface area contributed by atoms with Crippen LogP contribution in [0.4, 0.5) is 0 Å². The minimum atomic E-state index is -0.0284. The molecule has 4 nitrogen and oxygen atoms in total. The summed E-state index contributed by atoms with van der Waals surface area (Å²) in [5, 5.41) is 3.01. The summed E-state index contributed by atoms with van der Waals surface area (Å²) < 4.78 is 1.00. The van der Waals surface area contributed by atoms with Crippen LogP contribution in [0, 0.1) is 5.92 Å². The summed E-state index contributed by atoms with van der Waals surface area (Å²) in [6, 6.07) is 17.7. The summed E-state index contributed by atoms with van der Waals surface area (Å²) >= 11 is 3.44. The van der Waals surface area contributed by atoms with Crippen molar-refractivity contribution in [2.24, 2.45) is 5.92 Å². The van der Waals surface area contributed by atoms with Crippen molar-refractivity contribution in [3.8, 4) is 0 Å². The van der Waals surface area contributed by atoms with Gasteiger partial charge in [-0.05, 0) is 42.2 Å². The van der Waals surface area contributed by atoms with Gasteiger partial charge in [0.1, 0.15) is 0 Å². The zero-order valence-corrected chi connectivity index (χ0v) is 16.7. The number of likely N-dealkylation sites (tertiary alicyclic amines) is 1. The first-order chi connectivity index (χ1) is 13.1. The molecule has 2 aromatic carbocycles. The number of hydrogen-bond acceptors (Lipinski definition) is 2. The summed E-state index contributed by atoms with van der Waals surface area (Å²) in [5.41, 5.74) is 2.07. The van der Waals surface area contributed by atoms with E-state index in [1.54, 1.807) is 6.08 Å². The highest BCUT2D eigenvalue weighted by Gasteiger charge is 2.26. The molecule has 0 bridgehead atoms. The zero-order chi connectivity index (χ0) is 19.1. The van der Waals surface area contributed by atoms with Crippen LogP contribution in [0.1, 0.15) is 24.0 Å². The molecule has 2 amide bonds. The highest BCUT2D eigenvalue weighted by atomic mass is 79.9. The molecule has 1 N–H and O–H groups in total. The number of nitrogens with one attached hydrogen (secondary N) is 1. The number of hydrogen-bond donors (Lipinski definition) is 1. The van der Waals surface area contributed by atoms with Crippen LogP contribution in [0.25, 0.3) is 6.08 Å². The Hall–Kier alpha value is -2.40. The van der Waals surface area contributed by atoms with Crippen LogP contribution in [-0.4, -0.2) is 29.8 Å². The number of nitrogens with zero attached hydrogens (tertiary/aromatic N) is 1. The van der Waals surface area contributed by atoms with Crippen molar-refractivity contribution < 1.29 is 9.59 Å². The Morgan fingerprint density at radius 3 is 2.52 bits per heavy atom. The minimum absolute atomic E-state index is 0.00634. The maximum atomic E-state index is 12.4. The second-order valence-electron chi connectivity index (χ2n) is 6.69. The molecular weight excluding hydrogens is 404 g/mol. The Morgan fingerprint density at radius 1 is 1.07 bits per heavy atom. The SMILES string of the molecule is O=C(NCc1cccc(Br)c1)C1CCN(C(=O)C=Cc2ccccc2)CC1. The Kier molecular flexibility index (Phi) is 6.82. The van der Waals surface area contributed by atoms with Crippen LogP contribution >= 0.6 is 15.9 Å². The van der Waals surface area contributed by atoms with Gasteiger partial charge in [0.15, 0.2) is 0 Å². The number of rotatable bonds is 5. The van der Waals surface area contributed by atoms with Gasteiger partial charge >= 0.3 is 0 Å². The number of halogens is 1. The van der Waals surface area contributed by atoms with E-state index in [0.29, 0.717) is 32.5 Å². The molecule has 1 heterocycles. The topological polar surface area (TPSA) is 49.4 Å². The number of carbonyl (C=O) groups is 2. The first-order valence-electron chi connectivity index (χ1n) is 9.16. The molecule has 140 valence electrons. The third kappa shape index (κ3) is 5.79. The maximum Gasteiger partial charge on any atom is 0.246 e. The fourth-order valence-electron chi connectivity index (χ4n) is 3.18. The van der Waals surface area contributed by atoms with Gasteiger partial charge in [0, 0.05) is 36.1 Å². The second-order valence-corrected chi connectivity index (χ2v) is 7.61. The van der Waals surface area contributed by atoms with Crippen molar-refractivity contribution in [2.45, 2.75) is 19.4 Å². The van der Waals surface area contributed by atoms with Gasteiger partial charge in [-0.15, -0.1) is 0 Å². The quantitative estimate of drug-likeness (QED) is 0.733. The summed E-state index contributed by atoms with van der Waals surface area (Å²) in [6.45, 7) is 1.76. The Bertz CT molecular complexity index is 812. The van der Waals surface area contributed by atoms with Crippen molar-refractivity contribution in [3.05, 3.63) is 76.3 Å². The van der Waals surface area contributed by atoms with E-state index in [0.717, 1.165) is 15.6 Å². The summed E-state index contributed by atoms with van der Waals surface area (Å²) in [5.74, 6) is 0.0491. The first kappa shape index (κ1) is 19.4. The molecule has 1 fully saturated rings. The van der Waals surface area contributed by atoms with E-state index >= 15 is 0 Å². The molecule has 0 spiro atoms. The Labute approximate surface area is 168 Å². The monoisotopic (exact) mass is 426 g/mol. The molecule has 3 rings (SSSR count). The van der Waals surface area contributed by atoms with E-state index in [-0.39, 0.29) is 17.7 Å². The van der Waals surface area contributed by atoms with E-state index < -0.39 is 0 Å². The molecule has 0 atom stereocenters. The number of piperidine rings is 1. The maximum absolute atomic E-state index is 12.4. The lowest BCUT2D eigenvalue weighted by molar-refractivity contribution is -0.132. The van der Waals surface area contributed by atoms with Crippen LogP contribution in [0.3, 0.4) is 0 Å². The largest absolute Gasteiger partial charge is 0.352 e. The van der Waals surface area contributed by atoms with Crippen molar-refractivity contribution >= 4 is 33.8 Å². The molecule has 27 heavy (non-hydrogen) atoms. The fraction of sp³-hybridized carbons (Fsp3) is 0.273. The number of benzene rings is 2. The predicted molar refractivity (Wildman–Crippen MR) is 111 cm³/mol. The van der Waals surface area contributed by atoms with Gasteiger partial charge in [0.25, 0.3) is 0 Å². The lowest BCUT2D eigenvalue weighted by Crippen LogP contribution is -2.42. The van der Waals surface area contributed by atoms with Crippen molar-refractivity contribution in [2.75, 3.05) is 13.1 Å². The van der Waals surface area contributed by atoms with E-state index in [4.69, 9.17) is 0 Å². The molecule has 0 aliphatic carbocycles. The van der Waals surface area contributed by atoms with Gasteiger partial charge in [0.05, 0.1) is 0 Å². The van der Waals surface area contributed by atoms with Crippen molar-refractivity contribution in [3.63, 3.8) is 0 Å². The van der Waals surface area contributed by atoms with Crippen LogP contribution < -0.4 is 5.32 Å². The van der Waals surface area contributed by atoms with E-state index in [2.05, 4.69) is 21.2 Å². The summed E-state index contributed by atoms with van der Waals surface area (Å²) in [6.07, 6.45) is 4.85. The van der Waals surface area contributed by atoms with E-state index in [1.165, 1.54) is 0 Å². The van der Waals surface area contributed by atoms with Crippen molar-refractivity contribution in [1.29, 1.82) is 0 Å². The van der Waals surface area contributed by atoms with Gasteiger partial charge in [-0.3, -0.25) is 9.59 Å². The first-order valence-corrected chi connectivity index (χ1v) is 9.95. The minimum Gasteiger partial charge on any atom is -0.352 e. The third-order valence-electron chi connectivity index (χ3n) is 4.75. The molecule has 0 radical (unpaired) electrons. The van der Waals surface area contributed by atoms with Gasteiger partial charge in [0.2, 0.25) is 11.8 Å². The normalized spacial score (nSPS) is 15.1. The molecule has 1 aliphatic heterocycles. The number of carbonyl (C=O) groups excluding carboxylic acids is 2. The standard InChI is InChI=1S/C22H23BrN2O2/c23-20-8-4-7-18(15-20)16-24-22(27)19-11-13-25(14-12-19)21(26)10-9-17-5-2-1-3-6-17/h1-10,15,19H,11-14,16H2,(H,24,27). The molecule has 0 aromatic heterocycles. The summed E-state index contributed by atoms with van der Waals surface area (Å²) in [7, 11) is 0. The average Bonchev–Trinajstić information content (AvgIpc) is 2.71. The predicted octanol–water partition coefficient (Wildman–Crippen LogP) is 4.02. The van der Waals surface area contributed by atoms with Crippen LogP contribution in [0.15, 0.2) is 65.1 Å². The smallest absolute Gasteiger partial charge is 0.246 e. The van der Waals surface area contributed by atoms with Crippen LogP contribution in [0.5, 0.6) is 0 Å². The van der Waals surface area contributed by atoms with Crippen LogP contribution in [0.2, 0.25) is 0 Å². The molecule has 0 unspecified atom stereocenters. The van der Waals surface area contributed by atoms with Gasteiger partial charge in [-0.25, -0.2) is 0 Å². The van der Waals surface area contributed by atoms with E-state index in [1.807, 2.05) is 65.6 Å². The lowest BCUT2D eigenvalue weighted by atomic mass is 9.95. The molecule has 2 aromatic rings. The fourth-order valence-corrected chi connectivity index (χ4v) is 3.63. The Morgan fingerprint density at radius 2 is 1.81 bits per heavy atom. The third-order valence-corrected chi connectivity index (χ3v) is 5.24. The van der Waals surface area contributed by atoms with Gasteiger partial charge < -0.3 is 10.2 Å². The zero-order valence-electron chi connectivity index (χ0n) is 15.1. The van der Waals surface area contributed by atoms with Crippen molar-refractivity contribution in [1.82, 2.24) is 10.2 Å². The van der Waals surface area contributed by atoms with E-state index in [9.17, 15) is 9.59 Å². The number of amides is 2. The highest BCUT2D eigenvalue weighted by molar-refractivity contribution is 9.10. The van der Waals surface area contributed by atoms with Gasteiger partial charge in [-0.2, -0.15) is 0 Å². The lowest BCUT2D eigenvalue weighted by Gasteiger charge is -2.30. The average molecular weight is 427 g/mol. The molecule has 5 heteroatoms. The summed E-state index contributed by atoms with van der Waals surface area (Å²) in [4.78, 5) is 26.5. The molecule has 1 saturated heterocycles. The second kappa shape index (κ2) is 9.51. The molecular formula is C22H23BrN2O2.